The molecular weight excluding hydrogens is 322 g/mol. The zero-order valence-corrected chi connectivity index (χ0v) is 15.0. The third-order valence-electron chi connectivity index (χ3n) is 5.64. The van der Waals surface area contributed by atoms with E-state index in [1.807, 2.05) is 0 Å². The molecule has 0 unspecified atom stereocenters. The quantitative estimate of drug-likeness (QED) is 0.820. The highest BCUT2D eigenvalue weighted by Gasteiger charge is 2.30. The van der Waals surface area contributed by atoms with Crippen LogP contribution < -0.4 is 0 Å². The Morgan fingerprint density at radius 1 is 1.08 bits per heavy atom. The fourth-order valence-corrected chi connectivity index (χ4v) is 3.99. The fraction of sp³-hybridized carbons (Fsp3) is 0.650. The molecule has 138 valence electrons. The molecule has 2 fully saturated rings. The minimum Gasteiger partial charge on any atom is -0.334 e. The van der Waals surface area contributed by atoms with E-state index in [4.69, 9.17) is 0 Å². The Bertz CT molecular complexity index is 599. The van der Waals surface area contributed by atoms with Crippen molar-refractivity contribution < 1.29 is 13.6 Å². The number of hydrogen-bond donors (Lipinski definition) is 0. The third kappa shape index (κ3) is 4.57. The Balaban J connectivity index is 1.75. The Morgan fingerprint density at radius 2 is 1.84 bits per heavy atom. The first-order valence-electron chi connectivity index (χ1n) is 9.53. The third-order valence-corrected chi connectivity index (χ3v) is 5.64. The van der Waals surface area contributed by atoms with Crippen LogP contribution in [0.2, 0.25) is 0 Å². The van der Waals surface area contributed by atoms with Crippen LogP contribution in [0.5, 0.6) is 0 Å². The van der Waals surface area contributed by atoms with Crippen LogP contribution >= 0.6 is 0 Å². The summed E-state index contributed by atoms with van der Waals surface area (Å²) in [5, 5.41) is 0. The molecule has 25 heavy (non-hydrogen) atoms. The average molecular weight is 350 g/mol. The molecule has 1 amide bonds. The van der Waals surface area contributed by atoms with Crippen LogP contribution in [0.1, 0.15) is 55.8 Å². The molecule has 0 spiro atoms. The van der Waals surface area contributed by atoms with Crippen molar-refractivity contribution in [2.24, 2.45) is 5.92 Å². The monoisotopic (exact) mass is 350 g/mol. The van der Waals surface area contributed by atoms with Gasteiger partial charge in [-0.05, 0) is 62.9 Å². The van der Waals surface area contributed by atoms with E-state index in [2.05, 4.69) is 11.8 Å². The average Bonchev–Trinajstić information content (AvgIpc) is 2.84. The lowest BCUT2D eigenvalue weighted by Crippen LogP contribution is -2.48. The number of carbonyl (C=O) groups excluding carboxylic acids is 1. The molecule has 2 aliphatic heterocycles. The lowest BCUT2D eigenvalue weighted by atomic mass is 9.98. The Kier molecular flexibility index (Phi) is 6.05. The van der Waals surface area contributed by atoms with E-state index in [9.17, 15) is 13.6 Å². The maximum Gasteiger partial charge on any atom is 0.257 e. The summed E-state index contributed by atoms with van der Waals surface area (Å²) in [7, 11) is 0. The van der Waals surface area contributed by atoms with Gasteiger partial charge in [0.25, 0.3) is 5.91 Å². The van der Waals surface area contributed by atoms with Crippen LogP contribution in [0.25, 0.3) is 0 Å². The molecule has 3 rings (SSSR count). The molecule has 0 aromatic heterocycles. The number of piperidine rings is 1. The summed E-state index contributed by atoms with van der Waals surface area (Å²) in [6.07, 6.45) is 6.43. The van der Waals surface area contributed by atoms with E-state index in [-0.39, 0.29) is 17.5 Å². The summed E-state index contributed by atoms with van der Waals surface area (Å²) in [4.78, 5) is 17.2. The maximum atomic E-state index is 14.1. The molecule has 2 aliphatic rings. The molecule has 0 N–H and O–H groups in total. The number of nitrogens with zero attached hydrogens (tertiary/aromatic N) is 2. The molecule has 5 heteroatoms. The molecule has 0 saturated carbocycles. The number of benzene rings is 1. The van der Waals surface area contributed by atoms with Crippen molar-refractivity contribution in [3.8, 4) is 0 Å². The van der Waals surface area contributed by atoms with Crippen molar-refractivity contribution >= 4 is 5.91 Å². The maximum absolute atomic E-state index is 14.1. The number of rotatable bonds is 3. The minimum atomic E-state index is -0.638. The molecule has 1 atom stereocenters. The summed E-state index contributed by atoms with van der Waals surface area (Å²) in [5.41, 5.74) is -0.140. The second-order valence-electron chi connectivity index (χ2n) is 7.61. The van der Waals surface area contributed by atoms with Crippen molar-refractivity contribution in [2.75, 3.05) is 26.2 Å². The van der Waals surface area contributed by atoms with E-state index in [1.54, 1.807) is 4.90 Å². The van der Waals surface area contributed by atoms with Crippen LogP contribution in [0.15, 0.2) is 18.2 Å². The number of carbonyl (C=O) groups is 1. The summed E-state index contributed by atoms with van der Waals surface area (Å²) in [5.74, 6) is -0.805. The van der Waals surface area contributed by atoms with Crippen molar-refractivity contribution in [1.29, 1.82) is 0 Å². The first-order valence-corrected chi connectivity index (χ1v) is 9.53. The lowest BCUT2D eigenvalue weighted by Gasteiger charge is -2.37. The molecule has 3 nitrogen and oxygen atoms in total. The smallest absolute Gasteiger partial charge is 0.257 e. The van der Waals surface area contributed by atoms with Gasteiger partial charge in [0.2, 0.25) is 0 Å². The van der Waals surface area contributed by atoms with Crippen molar-refractivity contribution in [1.82, 2.24) is 9.80 Å². The topological polar surface area (TPSA) is 23.6 Å². The molecular formula is C20H28F2N2O. The van der Waals surface area contributed by atoms with E-state index in [0.717, 1.165) is 69.4 Å². The highest BCUT2D eigenvalue weighted by atomic mass is 19.1. The van der Waals surface area contributed by atoms with Crippen molar-refractivity contribution in [2.45, 2.75) is 51.5 Å². The van der Waals surface area contributed by atoms with Gasteiger partial charge in [0.05, 0.1) is 5.56 Å². The van der Waals surface area contributed by atoms with Crippen LogP contribution in [0.3, 0.4) is 0 Å². The predicted octanol–water partition coefficient (Wildman–Crippen LogP) is 4.08. The standard InChI is InChI=1S/C20H28F2N2O/c1-15-8-11-23(12-9-15)14-17-5-3-2-4-10-24(17)20(25)18-13-16(21)6-7-19(18)22/h6-7,13,15,17H,2-5,8-12,14H2,1H3/t17-/m1/s1. The van der Waals surface area contributed by atoms with Gasteiger partial charge in [0, 0.05) is 19.1 Å². The number of likely N-dealkylation sites (tertiary alicyclic amines) is 2. The SMILES string of the molecule is CC1CCN(C[C@H]2CCCCCN2C(=O)c2cc(F)ccc2F)CC1. The number of halogens is 2. The fourth-order valence-electron chi connectivity index (χ4n) is 3.99. The highest BCUT2D eigenvalue weighted by molar-refractivity contribution is 5.94. The molecule has 2 heterocycles. The Hall–Kier alpha value is -1.49. The zero-order chi connectivity index (χ0) is 17.8. The first-order chi connectivity index (χ1) is 12.0. The van der Waals surface area contributed by atoms with Crippen molar-refractivity contribution in [3.63, 3.8) is 0 Å². The molecule has 1 aromatic carbocycles. The van der Waals surface area contributed by atoms with Gasteiger partial charge in [-0.3, -0.25) is 4.79 Å². The van der Waals surface area contributed by atoms with E-state index < -0.39 is 11.6 Å². The van der Waals surface area contributed by atoms with Gasteiger partial charge in [-0.25, -0.2) is 8.78 Å². The van der Waals surface area contributed by atoms with Gasteiger partial charge in [-0.2, -0.15) is 0 Å². The minimum absolute atomic E-state index is 0.0890. The zero-order valence-electron chi connectivity index (χ0n) is 15.0. The molecule has 2 saturated heterocycles. The Morgan fingerprint density at radius 3 is 2.60 bits per heavy atom. The van der Waals surface area contributed by atoms with Crippen LogP contribution in [0.4, 0.5) is 8.78 Å². The van der Waals surface area contributed by atoms with E-state index >= 15 is 0 Å². The van der Waals surface area contributed by atoms with Crippen LogP contribution in [-0.2, 0) is 0 Å². The molecule has 1 aromatic rings. The number of hydrogen-bond acceptors (Lipinski definition) is 2. The summed E-state index contributed by atoms with van der Waals surface area (Å²) in [6.45, 7) is 5.88. The largest absolute Gasteiger partial charge is 0.334 e. The molecule has 0 radical (unpaired) electrons. The highest BCUT2D eigenvalue weighted by Crippen LogP contribution is 2.24. The van der Waals surface area contributed by atoms with Gasteiger partial charge in [0.15, 0.2) is 0 Å². The number of amides is 1. The van der Waals surface area contributed by atoms with Gasteiger partial charge in [-0.15, -0.1) is 0 Å². The van der Waals surface area contributed by atoms with Gasteiger partial charge in [-0.1, -0.05) is 19.8 Å². The summed E-state index contributed by atoms with van der Waals surface area (Å²) in [6, 6.07) is 3.22. The lowest BCUT2D eigenvalue weighted by molar-refractivity contribution is 0.0601. The van der Waals surface area contributed by atoms with Gasteiger partial charge < -0.3 is 9.80 Å². The Labute approximate surface area is 149 Å². The molecule has 0 bridgehead atoms. The first kappa shape index (κ1) is 18.3. The second kappa shape index (κ2) is 8.26. The summed E-state index contributed by atoms with van der Waals surface area (Å²) < 4.78 is 27.6. The van der Waals surface area contributed by atoms with Crippen LogP contribution in [-0.4, -0.2) is 47.9 Å². The van der Waals surface area contributed by atoms with Gasteiger partial charge in [0.1, 0.15) is 11.6 Å². The second-order valence-corrected chi connectivity index (χ2v) is 7.61. The van der Waals surface area contributed by atoms with E-state index in [1.165, 1.54) is 12.8 Å². The van der Waals surface area contributed by atoms with Crippen LogP contribution in [0, 0.1) is 17.6 Å². The van der Waals surface area contributed by atoms with E-state index in [0.29, 0.717) is 6.54 Å². The van der Waals surface area contributed by atoms with Gasteiger partial charge >= 0.3 is 0 Å². The molecule has 0 aliphatic carbocycles. The van der Waals surface area contributed by atoms with Crippen molar-refractivity contribution in [3.05, 3.63) is 35.4 Å². The predicted molar refractivity (Wildman–Crippen MR) is 94.5 cm³/mol. The normalized spacial score (nSPS) is 23.5. The summed E-state index contributed by atoms with van der Waals surface area (Å²) >= 11 is 0.